The van der Waals surface area contributed by atoms with Gasteiger partial charge in [0.15, 0.2) is 11.5 Å². The molecule has 0 spiro atoms. The second-order valence-electron chi connectivity index (χ2n) is 8.52. The Labute approximate surface area is 171 Å². The molecule has 9 nitrogen and oxygen atoms in total. The summed E-state index contributed by atoms with van der Waals surface area (Å²) in [6, 6.07) is 0.897. The van der Waals surface area contributed by atoms with Gasteiger partial charge in [-0.1, -0.05) is 0 Å². The van der Waals surface area contributed by atoms with Crippen LogP contribution >= 0.6 is 0 Å². The van der Waals surface area contributed by atoms with Crippen molar-refractivity contribution in [3.05, 3.63) is 10.5 Å². The van der Waals surface area contributed by atoms with Crippen molar-refractivity contribution in [2.75, 3.05) is 38.5 Å². The fraction of sp³-hybridized carbons (Fsp3) is 0.750. The van der Waals surface area contributed by atoms with Crippen LogP contribution in [-0.4, -0.2) is 74.2 Å². The summed E-state index contributed by atoms with van der Waals surface area (Å²) in [7, 11) is 0. The maximum Gasteiger partial charge on any atom is 0.327 e. The molecule has 1 aliphatic heterocycles. The van der Waals surface area contributed by atoms with Crippen LogP contribution in [0.15, 0.2) is 4.79 Å². The molecular formula is C20H33N7O2. The number of ether oxygens (including phenoxy) is 1. The molecule has 0 radical (unpaired) electrons. The Balaban J connectivity index is 1.34. The van der Waals surface area contributed by atoms with Crippen LogP contribution in [0.5, 0.6) is 6.01 Å². The first-order valence-electron chi connectivity index (χ1n) is 10.9. The van der Waals surface area contributed by atoms with Crippen molar-refractivity contribution in [2.45, 2.75) is 64.6 Å². The minimum Gasteiger partial charge on any atom is -0.460 e. The lowest BCUT2D eigenvalue weighted by atomic mass is 9.96. The Hall–Kier alpha value is -2.13. The molecule has 2 aliphatic rings. The molecule has 0 bridgehead atoms. The number of rotatable bonds is 8. The molecule has 29 heavy (non-hydrogen) atoms. The summed E-state index contributed by atoms with van der Waals surface area (Å²) in [4.78, 5) is 28.9. The number of piperazine rings is 1. The zero-order valence-corrected chi connectivity index (χ0v) is 17.6. The normalized spacial score (nSPS) is 19.1. The summed E-state index contributed by atoms with van der Waals surface area (Å²) in [6.07, 6.45) is 5.35. The van der Waals surface area contributed by atoms with Gasteiger partial charge in [0.05, 0.1) is 0 Å². The fourth-order valence-electron chi connectivity index (χ4n) is 4.04. The molecule has 3 heterocycles. The smallest absolute Gasteiger partial charge is 0.327 e. The Morgan fingerprint density at radius 3 is 2.52 bits per heavy atom. The molecule has 0 atom stereocenters. The van der Waals surface area contributed by atoms with E-state index in [1.165, 1.54) is 6.42 Å². The molecule has 1 saturated heterocycles. The lowest BCUT2D eigenvalue weighted by molar-refractivity contribution is 0.107. The lowest BCUT2D eigenvalue weighted by Crippen LogP contribution is -2.48. The van der Waals surface area contributed by atoms with Crippen LogP contribution in [0.4, 0.5) is 5.82 Å². The van der Waals surface area contributed by atoms with E-state index in [4.69, 9.17) is 10.5 Å². The van der Waals surface area contributed by atoms with Crippen LogP contribution in [0.25, 0.3) is 11.2 Å². The number of unbranched alkanes of at least 4 members (excludes halogenated alkanes) is 1. The minimum atomic E-state index is -0.188. The van der Waals surface area contributed by atoms with Crippen molar-refractivity contribution < 1.29 is 4.74 Å². The van der Waals surface area contributed by atoms with Crippen molar-refractivity contribution in [2.24, 2.45) is 0 Å². The van der Waals surface area contributed by atoms with Gasteiger partial charge in [-0.15, -0.1) is 0 Å². The topological polar surface area (TPSA) is 105 Å². The number of fused-ring (bicyclic) bond motifs is 1. The van der Waals surface area contributed by atoms with E-state index < -0.39 is 0 Å². The number of nitrogens with one attached hydrogen (secondary N) is 1. The SMILES string of the molecule is CC(C)N1CCN(CCCCn2c(=O)[nH]c3c(N)nc(OC4CCC4)nc32)CC1. The molecule has 2 aromatic rings. The van der Waals surface area contributed by atoms with E-state index in [0.29, 0.717) is 23.8 Å². The molecule has 2 fully saturated rings. The van der Waals surface area contributed by atoms with Gasteiger partial charge in [-0.25, -0.2) is 4.79 Å². The summed E-state index contributed by atoms with van der Waals surface area (Å²) < 4.78 is 7.46. The number of aryl methyl sites for hydroxylation is 1. The Kier molecular flexibility index (Phi) is 6.05. The number of hydrogen-bond acceptors (Lipinski definition) is 7. The zero-order chi connectivity index (χ0) is 20.4. The molecular weight excluding hydrogens is 370 g/mol. The van der Waals surface area contributed by atoms with E-state index in [0.717, 1.165) is 58.4 Å². The second kappa shape index (κ2) is 8.71. The van der Waals surface area contributed by atoms with Crippen molar-refractivity contribution in [1.29, 1.82) is 0 Å². The largest absolute Gasteiger partial charge is 0.460 e. The molecule has 1 saturated carbocycles. The van der Waals surface area contributed by atoms with E-state index in [1.54, 1.807) is 4.57 Å². The van der Waals surface area contributed by atoms with E-state index in [9.17, 15) is 4.79 Å². The number of H-pyrrole nitrogens is 1. The van der Waals surface area contributed by atoms with Crippen LogP contribution in [0.2, 0.25) is 0 Å². The first kappa shape index (κ1) is 20.2. The number of anilines is 1. The predicted molar refractivity (Wildman–Crippen MR) is 113 cm³/mol. The van der Waals surface area contributed by atoms with Gasteiger partial charge in [-0.3, -0.25) is 9.47 Å². The first-order valence-corrected chi connectivity index (χ1v) is 10.9. The van der Waals surface area contributed by atoms with Gasteiger partial charge in [0.25, 0.3) is 0 Å². The molecule has 0 unspecified atom stereocenters. The average Bonchev–Trinajstić information content (AvgIpc) is 2.98. The molecule has 9 heteroatoms. The molecule has 3 N–H and O–H groups in total. The summed E-state index contributed by atoms with van der Waals surface area (Å²) in [5.74, 6) is 0.267. The Bertz CT molecular complexity index is 879. The molecule has 160 valence electrons. The minimum absolute atomic E-state index is 0.169. The van der Waals surface area contributed by atoms with Crippen LogP contribution in [0, 0.1) is 0 Å². The number of aromatic amines is 1. The highest BCUT2D eigenvalue weighted by atomic mass is 16.5. The quantitative estimate of drug-likeness (QED) is 0.643. The Morgan fingerprint density at radius 2 is 1.86 bits per heavy atom. The highest BCUT2D eigenvalue weighted by molar-refractivity contribution is 5.81. The molecule has 1 aliphatic carbocycles. The van der Waals surface area contributed by atoms with E-state index in [-0.39, 0.29) is 23.6 Å². The van der Waals surface area contributed by atoms with Gasteiger partial charge in [-0.05, 0) is 52.5 Å². The van der Waals surface area contributed by atoms with Crippen molar-refractivity contribution >= 4 is 17.0 Å². The molecule has 2 aromatic heterocycles. The van der Waals surface area contributed by atoms with Crippen LogP contribution < -0.4 is 16.2 Å². The summed E-state index contributed by atoms with van der Waals surface area (Å²) in [5, 5.41) is 0. The van der Waals surface area contributed by atoms with Crippen LogP contribution in [-0.2, 0) is 6.54 Å². The number of aromatic nitrogens is 4. The number of imidazole rings is 1. The number of hydrogen-bond donors (Lipinski definition) is 2. The maximum atomic E-state index is 12.4. The van der Waals surface area contributed by atoms with Gasteiger partial charge in [0, 0.05) is 38.8 Å². The molecule has 0 amide bonds. The fourth-order valence-corrected chi connectivity index (χ4v) is 4.04. The highest BCUT2D eigenvalue weighted by Gasteiger charge is 2.22. The van der Waals surface area contributed by atoms with Gasteiger partial charge >= 0.3 is 11.7 Å². The van der Waals surface area contributed by atoms with Crippen LogP contribution in [0.1, 0.15) is 46.0 Å². The Morgan fingerprint density at radius 1 is 1.14 bits per heavy atom. The van der Waals surface area contributed by atoms with Gasteiger partial charge < -0.3 is 20.4 Å². The van der Waals surface area contributed by atoms with Gasteiger partial charge in [0.2, 0.25) is 0 Å². The van der Waals surface area contributed by atoms with Gasteiger partial charge in [-0.2, -0.15) is 9.97 Å². The standard InChI is InChI=1S/C20H33N7O2/c1-14(2)26-12-10-25(11-13-26)8-3-4-9-27-18-16(22-20(27)28)17(21)23-19(24-18)29-15-6-5-7-15/h14-15H,3-13H2,1-2H3,(H,22,28)(H2,21,23,24). The average molecular weight is 404 g/mol. The number of nitrogens with zero attached hydrogens (tertiary/aromatic N) is 5. The van der Waals surface area contributed by atoms with Crippen molar-refractivity contribution in [3.63, 3.8) is 0 Å². The van der Waals surface area contributed by atoms with Crippen LogP contribution in [0.3, 0.4) is 0 Å². The summed E-state index contributed by atoms with van der Waals surface area (Å²) in [6.45, 7) is 10.7. The second-order valence-corrected chi connectivity index (χ2v) is 8.52. The third kappa shape index (κ3) is 4.56. The molecule has 0 aromatic carbocycles. The van der Waals surface area contributed by atoms with E-state index in [1.807, 2.05) is 0 Å². The zero-order valence-electron chi connectivity index (χ0n) is 17.6. The summed E-state index contributed by atoms with van der Waals surface area (Å²) >= 11 is 0. The number of nitrogens with two attached hydrogens (primary N) is 1. The molecule has 4 rings (SSSR count). The van der Waals surface area contributed by atoms with Crippen molar-refractivity contribution in [1.82, 2.24) is 29.3 Å². The highest BCUT2D eigenvalue weighted by Crippen LogP contribution is 2.25. The number of nitrogen functional groups attached to an aromatic ring is 1. The van der Waals surface area contributed by atoms with Gasteiger partial charge in [0.1, 0.15) is 11.6 Å². The third-order valence-corrected chi connectivity index (χ3v) is 6.20. The lowest BCUT2D eigenvalue weighted by Gasteiger charge is -2.36. The van der Waals surface area contributed by atoms with E-state index in [2.05, 4.69) is 38.6 Å². The maximum absolute atomic E-state index is 12.4. The third-order valence-electron chi connectivity index (χ3n) is 6.20. The predicted octanol–water partition coefficient (Wildman–Crippen LogP) is 1.44. The first-order chi connectivity index (χ1) is 14.0. The monoisotopic (exact) mass is 403 g/mol. The summed E-state index contributed by atoms with van der Waals surface area (Å²) in [5.41, 5.74) is 6.89. The van der Waals surface area contributed by atoms with E-state index >= 15 is 0 Å². The van der Waals surface area contributed by atoms with Crippen molar-refractivity contribution in [3.8, 4) is 6.01 Å².